The fourth-order valence-electron chi connectivity index (χ4n) is 10.0. The van der Waals surface area contributed by atoms with E-state index in [2.05, 4.69) is 141 Å². The van der Waals surface area contributed by atoms with Crippen LogP contribution in [-0.2, 0) is 18.4 Å². The van der Waals surface area contributed by atoms with Gasteiger partial charge < -0.3 is 19.8 Å². The summed E-state index contributed by atoms with van der Waals surface area (Å²) in [6, 6.07) is -0.878. The van der Waals surface area contributed by atoms with E-state index < -0.39 is 20.0 Å². The van der Waals surface area contributed by atoms with Crippen LogP contribution >= 0.6 is 7.82 Å². The van der Waals surface area contributed by atoms with Crippen molar-refractivity contribution < 1.29 is 32.9 Å². The molecule has 0 spiro atoms. The number of carbonyl (C=O) groups excluding carboxylic acids is 1. The number of rotatable bonds is 65. The van der Waals surface area contributed by atoms with Crippen LogP contribution in [0.2, 0.25) is 0 Å². The van der Waals surface area contributed by atoms with Gasteiger partial charge in [-0.15, -0.1) is 0 Å². The van der Waals surface area contributed by atoms with Crippen LogP contribution in [0, 0.1) is 0 Å². The van der Waals surface area contributed by atoms with Crippen LogP contribution in [0.1, 0.15) is 303 Å². The van der Waals surface area contributed by atoms with E-state index in [-0.39, 0.29) is 19.1 Å². The number of likely N-dealkylation sites (N-methyl/N-ethyl adjacent to an activating group) is 1. The van der Waals surface area contributed by atoms with Gasteiger partial charge in [-0.05, 0) is 109 Å². The molecule has 0 saturated carbocycles. The van der Waals surface area contributed by atoms with Gasteiger partial charge in [0.2, 0.25) is 5.91 Å². The number of phosphoric acid groups is 1. The van der Waals surface area contributed by atoms with E-state index in [4.69, 9.17) is 9.05 Å². The lowest BCUT2D eigenvalue weighted by molar-refractivity contribution is -0.870. The van der Waals surface area contributed by atoms with Gasteiger partial charge in [0, 0.05) is 6.42 Å². The third-order valence-corrected chi connectivity index (χ3v) is 16.6. The Morgan fingerprint density at radius 3 is 1.06 bits per heavy atom. The number of nitrogens with zero attached hydrogens (tertiary/aromatic N) is 1. The Bertz CT molecular complexity index is 1880. The summed E-state index contributed by atoms with van der Waals surface area (Å²) in [5.74, 6) is -0.192. The predicted molar refractivity (Wildman–Crippen MR) is 382 cm³/mol. The first-order valence-electron chi connectivity index (χ1n) is 36.1. The lowest BCUT2D eigenvalue weighted by Crippen LogP contribution is -2.45. The average molecular weight is 1230 g/mol. The molecule has 0 aromatic carbocycles. The van der Waals surface area contributed by atoms with Crippen molar-refractivity contribution in [2.45, 2.75) is 315 Å². The number of phosphoric ester groups is 1. The predicted octanol–water partition coefficient (Wildman–Crippen LogP) is 23.4. The molecule has 1 amide bonds. The standard InChI is InChI=1S/C78H137N2O6P/c1-6-8-10-12-14-16-18-20-22-24-26-28-30-32-33-34-35-36-37-38-39-40-41-42-43-44-45-46-47-48-50-52-54-56-58-60-62-64-66-68-70-72-78(82)79-76(75-86-87(83,84)85-74-73-80(3,4)5)77(81)71-69-67-65-63-61-59-57-55-53-51-49-31-29-27-25-23-21-19-17-15-13-11-9-7-2/h8,10,14,16,20,22,26,28,32-33,35-36,38-39,41-42,53,55,61,63,69,71,76-77,81H,6-7,9,11-13,15,17-19,21,23-25,27,29-31,34,37,40,43-52,54,56-60,62,64-68,70,72-75H2,1-5H3,(H-,79,82,83,84)/p+1/b10-8-,16-14-,22-20-,28-26-,33-32-,36-35-,39-38-,42-41-,55-53+,63-61+,71-69+. The summed E-state index contributed by atoms with van der Waals surface area (Å²) in [7, 11) is 1.54. The minimum Gasteiger partial charge on any atom is -0.387 e. The van der Waals surface area contributed by atoms with E-state index in [1.54, 1.807) is 6.08 Å². The van der Waals surface area contributed by atoms with Gasteiger partial charge in [-0.3, -0.25) is 13.8 Å². The number of allylic oxidation sites excluding steroid dienone is 21. The molecule has 0 aromatic heterocycles. The maximum absolute atomic E-state index is 13.1. The maximum atomic E-state index is 13.1. The van der Waals surface area contributed by atoms with Gasteiger partial charge in [0.25, 0.3) is 0 Å². The number of hydrogen-bond acceptors (Lipinski definition) is 5. The molecule has 3 atom stereocenters. The van der Waals surface area contributed by atoms with Crippen molar-refractivity contribution in [3.05, 3.63) is 134 Å². The average Bonchev–Trinajstić information content (AvgIpc) is 3.71. The van der Waals surface area contributed by atoms with Gasteiger partial charge in [0.05, 0.1) is 39.9 Å². The van der Waals surface area contributed by atoms with E-state index in [0.29, 0.717) is 17.4 Å². The summed E-state index contributed by atoms with van der Waals surface area (Å²) in [6.07, 6.45) is 102. The van der Waals surface area contributed by atoms with Gasteiger partial charge in [-0.25, -0.2) is 4.57 Å². The molecule has 0 rings (SSSR count). The SMILES string of the molecule is CC/C=C\C/C=C\C/C=C\C/C=C\C/C=C\C/C=C\C/C=C\C/C=C\CCCCCCCCCCCCCCCCCCC(=O)NC(COP(=O)(O)OCC[N+](C)(C)C)C(O)/C=C/CC/C=C/CC/C=C/CCCCCCCCCCCCCCCC. The molecule has 0 aliphatic rings. The molecule has 0 radical (unpaired) electrons. The third-order valence-electron chi connectivity index (χ3n) is 15.6. The molecule has 0 aromatic rings. The highest BCUT2D eigenvalue weighted by atomic mass is 31.2. The van der Waals surface area contributed by atoms with Crippen molar-refractivity contribution >= 4 is 13.7 Å². The number of aliphatic hydroxyl groups is 1. The highest BCUT2D eigenvalue weighted by Crippen LogP contribution is 2.43. The summed E-state index contributed by atoms with van der Waals surface area (Å²) in [5.41, 5.74) is 0. The molecule has 0 fully saturated rings. The molecule has 0 aliphatic heterocycles. The summed E-state index contributed by atoms with van der Waals surface area (Å²) in [6.45, 7) is 4.69. The molecular formula is C78H138N2O6P+. The van der Waals surface area contributed by atoms with E-state index in [1.807, 2.05) is 27.2 Å². The number of quaternary nitrogens is 1. The molecule has 0 heterocycles. The molecule has 500 valence electrons. The normalized spacial score (nSPS) is 14.4. The first-order valence-corrected chi connectivity index (χ1v) is 37.6. The Morgan fingerprint density at radius 2 is 0.701 bits per heavy atom. The van der Waals surface area contributed by atoms with Crippen LogP contribution in [-0.4, -0.2) is 73.4 Å². The van der Waals surface area contributed by atoms with Crippen molar-refractivity contribution in [1.29, 1.82) is 0 Å². The first kappa shape index (κ1) is 83.6. The molecule has 3 N–H and O–H groups in total. The quantitative estimate of drug-likeness (QED) is 0.0243. The highest BCUT2D eigenvalue weighted by molar-refractivity contribution is 7.47. The molecule has 0 bridgehead atoms. The van der Waals surface area contributed by atoms with Crippen molar-refractivity contribution in [2.75, 3.05) is 40.9 Å². The molecule has 87 heavy (non-hydrogen) atoms. The smallest absolute Gasteiger partial charge is 0.387 e. The minimum absolute atomic E-state index is 0.0493. The van der Waals surface area contributed by atoms with Crippen molar-refractivity contribution in [2.24, 2.45) is 0 Å². The Balaban J connectivity index is 4.09. The van der Waals surface area contributed by atoms with Crippen molar-refractivity contribution in [3.63, 3.8) is 0 Å². The molecule has 9 heteroatoms. The summed E-state index contributed by atoms with van der Waals surface area (Å²) >= 11 is 0. The lowest BCUT2D eigenvalue weighted by atomic mass is 10.0. The van der Waals surface area contributed by atoms with Crippen LogP contribution in [0.4, 0.5) is 0 Å². The fourth-order valence-corrected chi connectivity index (χ4v) is 10.8. The first-order chi connectivity index (χ1) is 42.5. The van der Waals surface area contributed by atoms with E-state index in [9.17, 15) is 19.4 Å². The Hall–Kier alpha value is -3.36. The number of aliphatic hydroxyl groups excluding tert-OH is 1. The van der Waals surface area contributed by atoms with Gasteiger partial charge in [0.1, 0.15) is 13.2 Å². The number of amides is 1. The molecular weight excluding hydrogens is 1090 g/mol. The molecule has 0 saturated heterocycles. The zero-order chi connectivity index (χ0) is 63.4. The van der Waals surface area contributed by atoms with Crippen LogP contribution < -0.4 is 5.32 Å². The van der Waals surface area contributed by atoms with Gasteiger partial charge in [-0.2, -0.15) is 0 Å². The zero-order valence-electron chi connectivity index (χ0n) is 57.2. The van der Waals surface area contributed by atoms with E-state index >= 15 is 0 Å². The molecule has 8 nitrogen and oxygen atoms in total. The summed E-state index contributed by atoms with van der Waals surface area (Å²) < 4.78 is 23.8. The Kier molecular flexibility index (Phi) is 64.5. The van der Waals surface area contributed by atoms with Crippen LogP contribution in [0.3, 0.4) is 0 Å². The second-order valence-corrected chi connectivity index (χ2v) is 26.7. The Labute approximate surface area is 538 Å². The number of carbonyl (C=O) groups is 1. The van der Waals surface area contributed by atoms with Crippen LogP contribution in [0.25, 0.3) is 0 Å². The monoisotopic (exact) mass is 1230 g/mol. The van der Waals surface area contributed by atoms with E-state index in [0.717, 1.165) is 96.3 Å². The molecule has 0 aliphatic carbocycles. The number of unbranched alkanes of at least 4 members (excludes halogenated alkanes) is 32. The second kappa shape index (κ2) is 67.0. The van der Waals surface area contributed by atoms with E-state index in [1.165, 1.54) is 186 Å². The molecule has 3 unspecified atom stereocenters. The van der Waals surface area contributed by atoms with Gasteiger partial charge in [0.15, 0.2) is 0 Å². The fraction of sp³-hybridized carbons (Fsp3) is 0.705. The summed E-state index contributed by atoms with van der Waals surface area (Å²) in [4.78, 5) is 23.4. The minimum atomic E-state index is -4.37. The topological polar surface area (TPSA) is 105 Å². The summed E-state index contributed by atoms with van der Waals surface area (Å²) in [5, 5.41) is 14.0. The third kappa shape index (κ3) is 70.0. The maximum Gasteiger partial charge on any atom is 0.472 e. The number of nitrogens with one attached hydrogen (secondary N) is 1. The lowest BCUT2D eigenvalue weighted by Gasteiger charge is -2.25. The van der Waals surface area contributed by atoms with Crippen LogP contribution in [0.5, 0.6) is 0 Å². The second-order valence-electron chi connectivity index (χ2n) is 25.2. The van der Waals surface area contributed by atoms with Gasteiger partial charge >= 0.3 is 7.82 Å². The van der Waals surface area contributed by atoms with Crippen LogP contribution in [0.15, 0.2) is 134 Å². The van der Waals surface area contributed by atoms with Gasteiger partial charge in [-0.1, -0.05) is 321 Å². The number of hydrogen-bond donors (Lipinski definition) is 3. The Morgan fingerprint density at radius 1 is 0.402 bits per heavy atom. The highest BCUT2D eigenvalue weighted by Gasteiger charge is 2.28. The van der Waals surface area contributed by atoms with Crippen molar-refractivity contribution in [3.8, 4) is 0 Å². The largest absolute Gasteiger partial charge is 0.472 e. The zero-order valence-corrected chi connectivity index (χ0v) is 58.1. The van der Waals surface area contributed by atoms with Crippen molar-refractivity contribution in [1.82, 2.24) is 5.32 Å².